The minimum absolute atomic E-state index is 1.07. The molecule has 0 fully saturated rings. The van der Waals surface area contributed by atoms with Gasteiger partial charge in [-0.25, -0.2) is 0 Å². The molecule has 0 rings (SSSR count). The predicted octanol–water partition coefficient (Wildman–Crippen LogP) is 2.23. The molecule has 0 aromatic rings. The average Bonchev–Trinajstić information content (AvgIpc) is 1.67. The molecule has 0 saturated heterocycles. The van der Waals surface area contributed by atoms with E-state index >= 15 is 0 Å². The normalized spacial score (nSPS) is 12.0. The van der Waals surface area contributed by atoms with Crippen molar-refractivity contribution in [2.75, 3.05) is 12.4 Å². The van der Waals surface area contributed by atoms with Gasteiger partial charge in [-0.15, -0.1) is 0 Å². The van der Waals surface area contributed by atoms with Crippen LogP contribution < -0.4 is 0 Å². The molecule has 0 aliphatic heterocycles. The largest absolute Gasteiger partial charge is 0.420 e. The highest BCUT2D eigenvalue weighted by Gasteiger charge is 2.18. The highest BCUT2D eigenvalue weighted by Crippen LogP contribution is 2.10. The third-order valence-electron chi connectivity index (χ3n) is 1.25. The fourth-order valence-electron chi connectivity index (χ4n) is 0.330. The summed E-state index contributed by atoms with van der Waals surface area (Å²) >= 11 is 3.38. The number of hydrogen-bond donors (Lipinski definition) is 0. The Morgan fingerprint density at radius 3 is 2.12 bits per heavy atom. The summed E-state index contributed by atoms with van der Waals surface area (Å²) in [5, 5.41) is 1.07. The summed E-state index contributed by atoms with van der Waals surface area (Å²) < 4.78 is 5.29. The first-order chi connectivity index (χ1) is 3.62. The van der Waals surface area contributed by atoms with Gasteiger partial charge in [-0.1, -0.05) is 15.9 Å². The first-order valence-electron chi connectivity index (χ1n) is 2.73. The van der Waals surface area contributed by atoms with Crippen LogP contribution in [0.5, 0.6) is 0 Å². The summed E-state index contributed by atoms with van der Waals surface area (Å²) in [6, 6.07) is 1.20. The van der Waals surface area contributed by atoms with E-state index < -0.39 is 8.32 Å². The van der Waals surface area contributed by atoms with E-state index in [4.69, 9.17) is 4.43 Å². The van der Waals surface area contributed by atoms with Crippen molar-refractivity contribution >= 4 is 24.2 Å². The molecule has 0 amide bonds. The van der Waals surface area contributed by atoms with E-state index in [2.05, 4.69) is 29.0 Å². The minimum atomic E-state index is -1.22. The van der Waals surface area contributed by atoms with E-state index in [1.165, 1.54) is 6.04 Å². The summed E-state index contributed by atoms with van der Waals surface area (Å²) in [4.78, 5) is 0. The molecule has 1 nitrogen and oxygen atoms in total. The van der Waals surface area contributed by atoms with Crippen LogP contribution in [0.4, 0.5) is 0 Å². The Hall–Kier alpha value is 0.657. The van der Waals surface area contributed by atoms with E-state index in [-0.39, 0.29) is 0 Å². The zero-order valence-corrected chi connectivity index (χ0v) is 8.29. The maximum atomic E-state index is 5.29. The third kappa shape index (κ3) is 3.63. The van der Waals surface area contributed by atoms with Crippen LogP contribution in [0.1, 0.15) is 0 Å². The Morgan fingerprint density at radius 1 is 1.50 bits per heavy atom. The quantitative estimate of drug-likeness (QED) is 0.498. The lowest BCUT2D eigenvalue weighted by atomic mass is 11.0. The van der Waals surface area contributed by atoms with Crippen molar-refractivity contribution in [1.82, 2.24) is 0 Å². The molecule has 0 unspecified atom stereocenters. The van der Waals surface area contributed by atoms with Crippen LogP contribution in [0.15, 0.2) is 0 Å². The summed E-state index contributed by atoms with van der Waals surface area (Å²) in [6.45, 7) is 4.43. The minimum Gasteiger partial charge on any atom is -0.420 e. The Kier molecular flexibility index (Phi) is 3.94. The predicted molar refractivity (Wildman–Crippen MR) is 43.1 cm³/mol. The van der Waals surface area contributed by atoms with Crippen LogP contribution in [0.25, 0.3) is 0 Å². The molecular weight excluding hydrogens is 184 g/mol. The van der Waals surface area contributed by atoms with Gasteiger partial charge in [0, 0.05) is 12.4 Å². The first-order valence-corrected chi connectivity index (χ1v) is 6.97. The van der Waals surface area contributed by atoms with Crippen LogP contribution in [0.3, 0.4) is 0 Å². The Bertz CT molecular complexity index is 65.4. The lowest BCUT2D eigenvalue weighted by molar-refractivity contribution is 0.405. The molecule has 0 heterocycles. The monoisotopic (exact) mass is 196 g/mol. The van der Waals surface area contributed by atoms with Crippen molar-refractivity contribution in [1.29, 1.82) is 0 Å². The molecule has 0 N–H and O–H groups in total. The van der Waals surface area contributed by atoms with Gasteiger partial charge in [0.05, 0.1) is 0 Å². The van der Waals surface area contributed by atoms with Gasteiger partial charge in [-0.3, -0.25) is 0 Å². The van der Waals surface area contributed by atoms with E-state index in [1.807, 2.05) is 0 Å². The molecule has 8 heavy (non-hydrogen) atoms. The number of hydrogen-bond acceptors (Lipinski definition) is 1. The third-order valence-corrected chi connectivity index (χ3v) is 4.94. The van der Waals surface area contributed by atoms with Crippen LogP contribution >= 0.6 is 15.9 Å². The van der Waals surface area contributed by atoms with E-state index in [9.17, 15) is 0 Å². The van der Waals surface area contributed by atoms with E-state index in [0.717, 1.165) is 5.33 Å². The SMILES string of the molecule is CO[Si](C)(C)CCBr. The zero-order valence-electron chi connectivity index (χ0n) is 5.70. The molecule has 0 aliphatic rings. The number of rotatable bonds is 3. The fourth-order valence-corrected chi connectivity index (χ4v) is 3.85. The van der Waals surface area contributed by atoms with Crippen molar-refractivity contribution in [3.63, 3.8) is 0 Å². The van der Waals surface area contributed by atoms with Gasteiger partial charge < -0.3 is 4.43 Å². The number of alkyl halides is 1. The van der Waals surface area contributed by atoms with Crippen molar-refractivity contribution < 1.29 is 4.43 Å². The molecular formula is C5H13BrOSi. The van der Waals surface area contributed by atoms with E-state index in [1.54, 1.807) is 7.11 Å². The zero-order chi connectivity index (χ0) is 6.62. The standard InChI is InChI=1S/C5H13BrOSi/c1-7-8(2,3)5-4-6/h4-5H2,1-3H3. The Balaban J connectivity index is 3.37. The first kappa shape index (κ1) is 8.66. The Labute approximate surface area is 60.7 Å². The van der Waals surface area contributed by atoms with Crippen LogP contribution in [0, 0.1) is 0 Å². The summed E-state index contributed by atoms with van der Waals surface area (Å²) in [6.07, 6.45) is 0. The Morgan fingerprint density at radius 2 is 2.00 bits per heavy atom. The van der Waals surface area contributed by atoms with E-state index in [0.29, 0.717) is 0 Å². The summed E-state index contributed by atoms with van der Waals surface area (Å²) in [5.41, 5.74) is 0. The van der Waals surface area contributed by atoms with Crippen molar-refractivity contribution in [3.05, 3.63) is 0 Å². The van der Waals surface area contributed by atoms with Gasteiger partial charge in [0.25, 0.3) is 0 Å². The lowest BCUT2D eigenvalue weighted by Crippen LogP contribution is -2.28. The summed E-state index contributed by atoms with van der Waals surface area (Å²) in [5.74, 6) is 0. The lowest BCUT2D eigenvalue weighted by Gasteiger charge is -2.17. The smallest absolute Gasteiger partial charge is 0.187 e. The highest BCUT2D eigenvalue weighted by molar-refractivity contribution is 9.09. The van der Waals surface area contributed by atoms with Crippen molar-refractivity contribution in [2.45, 2.75) is 19.1 Å². The van der Waals surface area contributed by atoms with Crippen LogP contribution in [-0.4, -0.2) is 20.8 Å². The topological polar surface area (TPSA) is 9.23 Å². The highest BCUT2D eigenvalue weighted by atomic mass is 79.9. The molecule has 0 aliphatic carbocycles. The molecule has 0 saturated carbocycles. The second-order valence-corrected chi connectivity index (χ2v) is 7.62. The van der Waals surface area contributed by atoms with Gasteiger partial charge in [0.15, 0.2) is 8.32 Å². The average molecular weight is 197 g/mol. The van der Waals surface area contributed by atoms with Crippen LogP contribution in [0.2, 0.25) is 19.1 Å². The molecule has 3 heteroatoms. The van der Waals surface area contributed by atoms with Gasteiger partial charge in [-0.05, 0) is 19.1 Å². The van der Waals surface area contributed by atoms with Gasteiger partial charge in [0.2, 0.25) is 0 Å². The molecule has 0 bridgehead atoms. The molecule has 0 atom stereocenters. The fraction of sp³-hybridized carbons (Fsp3) is 1.00. The van der Waals surface area contributed by atoms with Gasteiger partial charge in [-0.2, -0.15) is 0 Å². The van der Waals surface area contributed by atoms with Crippen LogP contribution in [-0.2, 0) is 4.43 Å². The molecule has 0 aromatic carbocycles. The van der Waals surface area contributed by atoms with Crippen molar-refractivity contribution in [3.8, 4) is 0 Å². The van der Waals surface area contributed by atoms with Gasteiger partial charge >= 0.3 is 0 Å². The molecule has 50 valence electrons. The second-order valence-electron chi connectivity index (χ2n) is 2.40. The molecule has 0 spiro atoms. The molecule has 0 radical (unpaired) electrons. The second kappa shape index (κ2) is 3.64. The number of halogens is 1. The molecule has 0 aromatic heterocycles. The van der Waals surface area contributed by atoms with Crippen molar-refractivity contribution in [2.24, 2.45) is 0 Å². The maximum Gasteiger partial charge on any atom is 0.187 e. The maximum absolute atomic E-state index is 5.29. The summed E-state index contributed by atoms with van der Waals surface area (Å²) in [7, 11) is 0.576. The van der Waals surface area contributed by atoms with Gasteiger partial charge in [0.1, 0.15) is 0 Å².